The summed E-state index contributed by atoms with van der Waals surface area (Å²) >= 11 is 0. The van der Waals surface area contributed by atoms with Crippen LogP contribution in [0.5, 0.6) is 0 Å². The summed E-state index contributed by atoms with van der Waals surface area (Å²) in [5.74, 6) is 2.56. The molecule has 182 valence electrons. The Morgan fingerprint density at radius 2 is 1.59 bits per heavy atom. The first-order valence-electron chi connectivity index (χ1n) is 13.8. The van der Waals surface area contributed by atoms with Crippen molar-refractivity contribution < 1.29 is 4.79 Å². The minimum absolute atomic E-state index is 0.0943. The molecule has 34 heavy (non-hydrogen) atoms. The number of para-hydroxylation sites is 2. The number of benzene rings is 1. The van der Waals surface area contributed by atoms with E-state index in [2.05, 4.69) is 16.8 Å². The quantitative estimate of drug-likeness (QED) is 0.543. The second kappa shape index (κ2) is 8.89. The molecule has 5 heteroatoms. The minimum atomic E-state index is -0.235. The second-order valence-corrected chi connectivity index (χ2v) is 11.8. The number of piperidine rings is 2. The van der Waals surface area contributed by atoms with Crippen LogP contribution in [0.3, 0.4) is 0 Å². The smallest absolute Gasteiger partial charge is 0.280 e. The fourth-order valence-corrected chi connectivity index (χ4v) is 8.47. The van der Waals surface area contributed by atoms with Crippen molar-refractivity contribution in [2.75, 3.05) is 0 Å². The maximum atomic E-state index is 13.5. The first-order valence-corrected chi connectivity index (χ1v) is 13.8. The van der Waals surface area contributed by atoms with Gasteiger partial charge in [-0.15, -0.1) is 0 Å². The van der Waals surface area contributed by atoms with Crippen molar-refractivity contribution in [3.05, 3.63) is 40.3 Å². The van der Waals surface area contributed by atoms with E-state index in [0.29, 0.717) is 12.1 Å². The number of nitrogens with zero attached hydrogens (tertiary/aromatic N) is 3. The number of carbonyl (C=O) groups is 1. The largest absolute Gasteiger partial charge is 0.302 e. The average Bonchev–Trinajstić information content (AvgIpc) is 2.82. The van der Waals surface area contributed by atoms with E-state index in [1.807, 2.05) is 28.8 Å². The Bertz CT molecular complexity index is 1110. The molecule has 2 saturated heterocycles. The molecular formula is C29H39N3O2. The number of hydrogen-bond donors (Lipinski definition) is 0. The summed E-state index contributed by atoms with van der Waals surface area (Å²) in [4.78, 5) is 33.1. The summed E-state index contributed by atoms with van der Waals surface area (Å²) < 4.78 is 1.95. The first-order chi connectivity index (χ1) is 16.5. The van der Waals surface area contributed by atoms with Crippen LogP contribution >= 0.6 is 0 Å². The fraction of sp³-hybridized carbons (Fsp3) is 0.690. The van der Waals surface area contributed by atoms with E-state index in [9.17, 15) is 9.59 Å². The van der Waals surface area contributed by atoms with Crippen LogP contribution in [0.1, 0.15) is 101 Å². The van der Waals surface area contributed by atoms with Gasteiger partial charge in [0.15, 0.2) is 11.5 Å². The Morgan fingerprint density at radius 3 is 2.24 bits per heavy atom. The lowest BCUT2D eigenvalue weighted by atomic mass is 9.64. The van der Waals surface area contributed by atoms with Gasteiger partial charge in [0.25, 0.3) is 5.56 Å². The van der Waals surface area contributed by atoms with Crippen molar-refractivity contribution in [2.24, 2.45) is 17.8 Å². The molecule has 4 bridgehead atoms. The van der Waals surface area contributed by atoms with E-state index < -0.39 is 0 Å². The van der Waals surface area contributed by atoms with Gasteiger partial charge >= 0.3 is 0 Å². The predicted molar refractivity (Wildman–Crippen MR) is 135 cm³/mol. The lowest BCUT2D eigenvalue weighted by Crippen LogP contribution is -2.59. The molecule has 0 amide bonds. The number of fused-ring (bicyclic) bond motifs is 5. The van der Waals surface area contributed by atoms with E-state index in [0.717, 1.165) is 47.7 Å². The Labute approximate surface area is 202 Å². The predicted octanol–water partition coefficient (Wildman–Crippen LogP) is 5.76. The van der Waals surface area contributed by atoms with Gasteiger partial charge < -0.3 is 4.57 Å². The molecule has 4 fully saturated rings. The topological polar surface area (TPSA) is 55.2 Å². The van der Waals surface area contributed by atoms with Gasteiger partial charge in [-0.2, -0.15) is 0 Å². The summed E-state index contributed by atoms with van der Waals surface area (Å²) in [6.45, 7) is 3.84. The highest BCUT2D eigenvalue weighted by Gasteiger charge is 2.46. The van der Waals surface area contributed by atoms with E-state index in [1.165, 1.54) is 64.7 Å². The van der Waals surface area contributed by atoms with Gasteiger partial charge in [0, 0.05) is 31.1 Å². The molecule has 0 N–H and O–H groups in total. The van der Waals surface area contributed by atoms with Crippen LogP contribution in [0.2, 0.25) is 0 Å². The van der Waals surface area contributed by atoms with Crippen LogP contribution in [0.15, 0.2) is 29.1 Å². The standard InChI is InChI=1S/C29H39N3O2/c1-3-19-11-20-13-21(12-19)15-24(14-20)31-22-7-6-8-23(31)17-25(16-22)32-27-10-5-4-9-26(27)30-28(18(2)33)29(32)34/h4-5,9-10,19-25H,3,6-8,11-17H2,1-2H3. The highest BCUT2D eigenvalue weighted by atomic mass is 16.1. The molecule has 1 aromatic carbocycles. The van der Waals surface area contributed by atoms with Gasteiger partial charge in [-0.25, -0.2) is 4.98 Å². The second-order valence-electron chi connectivity index (χ2n) is 11.8. The van der Waals surface area contributed by atoms with Crippen molar-refractivity contribution in [2.45, 2.75) is 109 Å². The zero-order valence-corrected chi connectivity index (χ0v) is 20.8. The van der Waals surface area contributed by atoms with E-state index in [4.69, 9.17) is 0 Å². The van der Waals surface area contributed by atoms with Crippen LogP contribution in [-0.4, -0.2) is 38.4 Å². The van der Waals surface area contributed by atoms with Gasteiger partial charge in [-0.1, -0.05) is 31.9 Å². The number of aromatic nitrogens is 2. The molecule has 5 nitrogen and oxygen atoms in total. The Morgan fingerprint density at radius 1 is 0.912 bits per heavy atom. The van der Waals surface area contributed by atoms with Crippen LogP contribution < -0.4 is 5.56 Å². The zero-order valence-electron chi connectivity index (χ0n) is 20.8. The first kappa shape index (κ1) is 22.5. The summed E-state index contributed by atoms with van der Waals surface area (Å²) in [6.07, 6.45) is 14.3. The van der Waals surface area contributed by atoms with E-state index in [1.54, 1.807) is 0 Å². The molecule has 6 rings (SSSR count). The molecule has 0 spiro atoms. The van der Waals surface area contributed by atoms with E-state index >= 15 is 0 Å². The van der Waals surface area contributed by atoms with Crippen LogP contribution in [0.4, 0.5) is 0 Å². The van der Waals surface area contributed by atoms with E-state index in [-0.39, 0.29) is 23.1 Å². The van der Waals surface area contributed by atoms with Crippen molar-refractivity contribution >= 4 is 16.8 Å². The van der Waals surface area contributed by atoms with Crippen LogP contribution in [-0.2, 0) is 0 Å². The molecule has 4 atom stereocenters. The van der Waals surface area contributed by atoms with Gasteiger partial charge in [-0.3, -0.25) is 14.5 Å². The van der Waals surface area contributed by atoms with Gasteiger partial charge in [0.2, 0.25) is 0 Å². The van der Waals surface area contributed by atoms with Crippen LogP contribution in [0.25, 0.3) is 11.0 Å². The van der Waals surface area contributed by atoms with Crippen molar-refractivity contribution in [3.63, 3.8) is 0 Å². The number of Topliss-reactive ketones (excluding diaryl/α,β-unsaturated/α-hetero) is 1. The van der Waals surface area contributed by atoms with Gasteiger partial charge in [0.05, 0.1) is 11.0 Å². The highest BCUT2D eigenvalue weighted by molar-refractivity contribution is 5.93. The number of rotatable bonds is 4. The van der Waals surface area contributed by atoms with Gasteiger partial charge in [-0.05, 0) is 87.7 Å². The number of ketones is 1. The Kier molecular flexibility index (Phi) is 5.87. The van der Waals surface area contributed by atoms with Crippen molar-refractivity contribution in [1.29, 1.82) is 0 Å². The lowest BCUT2D eigenvalue weighted by Gasteiger charge is -2.56. The molecule has 0 radical (unpaired) electrons. The molecule has 3 heterocycles. The maximum Gasteiger partial charge on any atom is 0.280 e. The Hall–Kier alpha value is -2.01. The Balaban J connectivity index is 1.31. The highest BCUT2D eigenvalue weighted by Crippen LogP contribution is 2.49. The third-order valence-electron chi connectivity index (χ3n) is 9.71. The minimum Gasteiger partial charge on any atom is -0.302 e. The summed E-state index contributed by atoms with van der Waals surface area (Å²) in [5.41, 5.74) is 1.54. The molecule has 4 unspecified atom stereocenters. The maximum absolute atomic E-state index is 13.5. The van der Waals surface area contributed by atoms with Gasteiger partial charge in [0.1, 0.15) is 0 Å². The molecule has 2 aliphatic carbocycles. The molecule has 2 aromatic rings. The molecule has 2 saturated carbocycles. The van der Waals surface area contributed by atoms with Crippen molar-refractivity contribution in [3.8, 4) is 0 Å². The number of carbonyl (C=O) groups excluding carboxylic acids is 1. The summed E-state index contributed by atoms with van der Waals surface area (Å²) in [6, 6.07) is 9.85. The van der Waals surface area contributed by atoms with Crippen LogP contribution in [0, 0.1) is 17.8 Å². The average molecular weight is 462 g/mol. The molecule has 4 aliphatic rings. The molecule has 2 aliphatic heterocycles. The monoisotopic (exact) mass is 461 g/mol. The zero-order chi connectivity index (χ0) is 23.4. The fourth-order valence-electron chi connectivity index (χ4n) is 8.47. The van der Waals surface area contributed by atoms with Crippen molar-refractivity contribution in [1.82, 2.24) is 14.5 Å². The normalized spacial score (nSPS) is 35.9. The third-order valence-corrected chi connectivity index (χ3v) is 9.71. The summed E-state index contributed by atoms with van der Waals surface area (Å²) in [7, 11) is 0. The molecular weight excluding hydrogens is 422 g/mol. The molecule has 1 aromatic heterocycles. The lowest BCUT2D eigenvalue weighted by molar-refractivity contribution is -0.0534. The number of hydrogen-bond acceptors (Lipinski definition) is 4. The SMILES string of the molecule is CCC1CC2CC(C1)CC(N1C3CCCC1CC(n1c(=O)c(C(C)=O)nc4ccccc41)C3)C2. The third kappa shape index (κ3) is 3.84. The summed E-state index contributed by atoms with van der Waals surface area (Å²) in [5, 5.41) is 0.